The van der Waals surface area contributed by atoms with Gasteiger partial charge in [0.1, 0.15) is 5.82 Å². The number of pyridine rings is 1. The highest BCUT2D eigenvalue weighted by atomic mass is 35.5. The molecule has 0 bridgehead atoms. The molecule has 1 aromatic carbocycles. The lowest BCUT2D eigenvalue weighted by atomic mass is 10.2. The van der Waals surface area contributed by atoms with Gasteiger partial charge in [0.2, 0.25) is 0 Å². The predicted molar refractivity (Wildman–Crippen MR) is 97.3 cm³/mol. The Kier molecular flexibility index (Phi) is 7.06. The number of rotatable bonds is 7. The van der Waals surface area contributed by atoms with Gasteiger partial charge < -0.3 is 19.5 Å². The molecule has 9 heteroatoms. The molecule has 0 atom stereocenters. The van der Waals surface area contributed by atoms with Crippen molar-refractivity contribution in [2.45, 2.75) is 6.92 Å². The number of ether oxygens (including phenoxy) is 3. The van der Waals surface area contributed by atoms with Crippen molar-refractivity contribution in [2.24, 2.45) is 0 Å². The minimum absolute atomic E-state index is 0.132. The molecule has 2 rings (SSSR count). The molecule has 7 nitrogen and oxygen atoms in total. The average Bonchev–Trinajstić information content (AvgIpc) is 2.63. The molecule has 0 saturated heterocycles. The molecule has 0 spiro atoms. The van der Waals surface area contributed by atoms with Crippen LogP contribution >= 0.6 is 23.2 Å². The summed E-state index contributed by atoms with van der Waals surface area (Å²) in [6.45, 7) is 1.70. The first-order valence-electron chi connectivity index (χ1n) is 7.53. The zero-order chi connectivity index (χ0) is 19.1. The summed E-state index contributed by atoms with van der Waals surface area (Å²) in [7, 11) is 1.43. The summed E-state index contributed by atoms with van der Waals surface area (Å²) >= 11 is 11.8. The summed E-state index contributed by atoms with van der Waals surface area (Å²) in [6.07, 6.45) is 1.39. The number of carbonyl (C=O) groups is 2. The van der Waals surface area contributed by atoms with Gasteiger partial charge in [0.05, 0.1) is 29.3 Å². The number of nitrogens with zero attached hydrogens (tertiary/aromatic N) is 1. The van der Waals surface area contributed by atoms with Crippen LogP contribution in [0.2, 0.25) is 10.0 Å². The number of hydrogen-bond acceptors (Lipinski definition) is 6. The summed E-state index contributed by atoms with van der Waals surface area (Å²) < 4.78 is 15.5. The first-order chi connectivity index (χ1) is 12.4. The molecule has 0 aliphatic rings. The van der Waals surface area contributed by atoms with Crippen LogP contribution in [0.3, 0.4) is 0 Å². The quantitative estimate of drug-likeness (QED) is 0.717. The third-order valence-electron chi connectivity index (χ3n) is 3.08. The second kappa shape index (κ2) is 9.26. The maximum atomic E-state index is 12.1. The molecule has 2 aromatic rings. The number of benzene rings is 1. The first-order valence-corrected chi connectivity index (χ1v) is 8.29. The lowest BCUT2D eigenvalue weighted by Crippen LogP contribution is -2.21. The third kappa shape index (κ3) is 5.24. The van der Waals surface area contributed by atoms with E-state index in [1.54, 1.807) is 13.0 Å². The van der Waals surface area contributed by atoms with E-state index in [9.17, 15) is 9.59 Å². The number of hydrogen-bond donors (Lipinski definition) is 1. The zero-order valence-corrected chi connectivity index (χ0v) is 15.6. The Balaban J connectivity index is 1.99. The van der Waals surface area contributed by atoms with Gasteiger partial charge in [-0.2, -0.15) is 0 Å². The molecule has 0 aliphatic carbocycles. The number of anilines is 1. The Morgan fingerprint density at radius 2 is 2.00 bits per heavy atom. The van der Waals surface area contributed by atoms with Crippen molar-refractivity contribution in [3.05, 3.63) is 46.1 Å². The van der Waals surface area contributed by atoms with Crippen LogP contribution in [0.1, 0.15) is 17.3 Å². The van der Waals surface area contributed by atoms with E-state index in [-0.39, 0.29) is 10.6 Å². The molecule has 1 aromatic heterocycles. The second-order valence-corrected chi connectivity index (χ2v) is 5.75. The number of halogens is 2. The van der Waals surface area contributed by atoms with Crippen molar-refractivity contribution in [3.8, 4) is 11.5 Å². The Morgan fingerprint density at radius 3 is 2.62 bits per heavy atom. The highest BCUT2D eigenvalue weighted by Crippen LogP contribution is 2.36. The van der Waals surface area contributed by atoms with E-state index in [2.05, 4.69) is 10.3 Å². The van der Waals surface area contributed by atoms with Gasteiger partial charge in [-0.25, -0.2) is 9.78 Å². The van der Waals surface area contributed by atoms with Crippen LogP contribution in [0, 0.1) is 0 Å². The maximum absolute atomic E-state index is 12.1. The molecule has 1 N–H and O–H groups in total. The van der Waals surface area contributed by atoms with Gasteiger partial charge in [0.15, 0.2) is 18.1 Å². The molecule has 1 amide bonds. The van der Waals surface area contributed by atoms with E-state index in [4.69, 9.17) is 37.4 Å². The van der Waals surface area contributed by atoms with Gasteiger partial charge in [0, 0.05) is 6.20 Å². The zero-order valence-electron chi connectivity index (χ0n) is 14.0. The normalized spacial score (nSPS) is 10.2. The molecule has 0 radical (unpaired) electrons. The van der Waals surface area contributed by atoms with Crippen molar-refractivity contribution >= 4 is 40.9 Å². The van der Waals surface area contributed by atoms with Gasteiger partial charge in [-0.1, -0.05) is 23.2 Å². The average molecular weight is 399 g/mol. The monoisotopic (exact) mass is 398 g/mol. The van der Waals surface area contributed by atoms with Crippen LogP contribution in [-0.4, -0.2) is 37.2 Å². The van der Waals surface area contributed by atoms with Crippen LogP contribution in [0.4, 0.5) is 5.82 Å². The fourth-order valence-corrected chi connectivity index (χ4v) is 2.34. The van der Waals surface area contributed by atoms with Crippen molar-refractivity contribution < 1.29 is 23.8 Å². The molecule has 138 valence electrons. The van der Waals surface area contributed by atoms with Gasteiger partial charge in [-0.3, -0.25) is 4.79 Å². The number of methoxy groups -OCH3 is 1. The molecule has 0 unspecified atom stereocenters. The summed E-state index contributed by atoms with van der Waals surface area (Å²) in [5, 5.41) is 3.12. The summed E-state index contributed by atoms with van der Waals surface area (Å²) in [6, 6.07) is 5.91. The highest BCUT2D eigenvalue weighted by molar-refractivity contribution is 6.32. The van der Waals surface area contributed by atoms with Crippen LogP contribution in [-0.2, 0) is 9.53 Å². The largest absolute Gasteiger partial charge is 0.493 e. The van der Waals surface area contributed by atoms with Gasteiger partial charge in [0.25, 0.3) is 5.91 Å². The number of nitrogens with one attached hydrogen (secondary N) is 1. The van der Waals surface area contributed by atoms with E-state index < -0.39 is 18.5 Å². The van der Waals surface area contributed by atoms with Crippen molar-refractivity contribution in [1.29, 1.82) is 0 Å². The van der Waals surface area contributed by atoms with E-state index >= 15 is 0 Å². The highest BCUT2D eigenvalue weighted by Gasteiger charge is 2.17. The number of aromatic nitrogens is 1. The Morgan fingerprint density at radius 1 is 1.23 bits per heavy atom. The standard InChI is InChI=1S/C17H16Cl2N2O5/c1-3-25-16-12(19)6-10(7-13(16)24-2)17(23)26-9-15(22)21-14-5-4-11(18)8-20-14/h4-8H,3,9H2,1-2H3,(H,20,21,22). The molecule has 26 heavy (non-hydrogen) atoms. The number of amides is 1. The van der Waals surface area contributed by atoms with E-state index in [0.717, 1.165) is 0 Å². The van der Waals surface area contributed by atoms with Crippen molar-refractivity contribution in [2.75, 3.05) is 25.6 Å². The lowest BCUT2D eigenvalue weighted by Gasteiger charge is -2.13. The lowest BCUT2D eigenvalue weighted by molar-refractivity contribution is -0.119. The molecule has 0 aliphatic heterocycles. The smallest absolute Gasteiger partial charge is 0.338 e. The van der Waals surface area contributed by atoms with Crippen molar-refractivity contribution in [1.82, 2.24) is 4.98 Å². The summed E-state index contributed by atoms with van der Waals surface area (Å²) in [5.41, 5.74) is 0.132. The topological polar surface area (TPSA) is 86.8 Å². The summed E-state index contributed by atoms with van der Waals surface area (Å²) in [4.78, 5) is 27.9. The van der Waals surface area contributed by atoms with Crippen LogP contribution in [0.15, 0.2) is 30.5 Å². The first kappa shape index (κ1) is 19.8. The Labute approximate surface area is 160 Å². The van der Waals surface area contributed by atoms with Crippen LogP contribution in [0.25, 0.3) is 0 Å². The number of carbonyl (C=O) groups excluding carboxylic acids is 2. The van der Waals surface area contributed by atoms with E-state index in [1.807, 2.05) is 0 Å². The minimum atomic E-state index is -0.729. The molecular formula is C17H16Cl2N2O5. The number of esters is 1. The predicted octanol–water partition coefficient (Wildman–Crippen LogP) is 3.59. The summed E-state index contributed by atoms with van der Waals surface area (Å²) in [5.74, 6) is -0.355. The van der Waals surface area contributed by atoms with Crippen LogP contribution in [0.5, 0.6) is 11.5 Å². The molecule has 1 heterocycles. The van der Waals surface area contributed by atoms with Gasteiger partial charge >= 0.3 is 5.97 Å². The Hall–Kier alpha value is -2.51. The van der Waals surface area contributed by atoms with E-state index in [0.29, 0.717) is 28.9 Å². The van der Waals surface area contributed by atoms with Gasteiger partial charge in [-0.15, -0.1) is 0 Å². The van der Waals surface area contributed by atoms with Gasteiger partial charge in [-0.05, 0) is 31.2 Å². The Bertz CT molecular complexity index is 796. The van der Waals surface area contributed by atoms with Crippen molar-refractivity contribution in [3.63, 3.8) is 0 Å². The molecule has 0 fully saturated rings. The third-order valence-corrected chi connectivity index (χ3v) is 3.59. The fourth-order valence-electron chi connectivity index (χ4n) is 1.97. The molecule has 0 saturated carbocycles. The second-order valence-electron chi connectivity index (χ2n) is 4.91. The fraction of sp³-hybridized carbons (Fsp3) is 0.235. The maximum Gasteiger partial charge on any atom is 0.338 e. The molecular weight excluding hydrogens is 383 g/mol. The van der Waals surface area contributed by atoms with E-state index in [1.165, 1.54) is 31.5 Å². The minimum Gasteiger partial charge on any atom is -0.493 e. The SMILES string of the molecule is CCOc1c(Cl)cc(C(=O)OCC(=O)Nc2ccc(Cl)cn2)cc1OC. The van der Waals surface area contributed by atoms with Crippen LogP contribution < -0.4 is 14.8 Å².